The van der Waals surface area contributed by atoms with Crippen molar-refractivity contribution in [3.05, 3.63) is 82.9 Å². The molecule has 0 amide bonds. The van der Waals surface area contributed by atoms with E-state index in [0.717, 1.165) is 23.0 Å². The van der Waals surface area contributed by atoms with E-state index in [2.05, 4.69) is 126 Å². The smallest absolute Gasteiger partial charge is 0.310 e. The second kappa shape index (κ2) is 7.55. The third-order valence-electron chi connectivity index (χ3n) is 9.01. The van der Waals surface area contributed by atoms with Gasteiger partial charge in [-0.25, -0.2) is 0 Å². The van der Waals surface area contributed by atoms with Crippen molar-refractivity contribution in [2.24, 2.45) is 0 Å². The van der Waals surface area contributed by atoms with E-state index in [4.69, 9.17) is 9.47 Å². The van der Waals surface area contributed by atoms with Crippen molar-refractivity contribution >= 4 is 46.9 Å². The number of hydrogen-bond donors (Lipinski definition) is 0. The average Bonchev–Trinajstić information content (AvgIpc) is 3.37. The summed E-state index contributed by atoms with van der Waals surface area (Å²) in [4.78, 5) is 2.61. The molecule has 40 heavy (non-hydrogen) atoms. The number of fused-ring (bicyclic) bond motifs is 9. The first-order valence-corrected chi connectivity index (χ1v) is 14.4. The van der Waals surface area contributed by atoms with Gasteiger partial charge in [0, 0.05) is 10.9 Å². The van der Waals surface area contributed by atoms with Crippen LogP contribution >= 0.6 is 0 Å². The zero-order valence-corrected chi connectivity index (χ0v) is 24.6. The Morgan fingerprint density at radius 3 is 1.43 bits per heavy atom. The molecule has 6 heteroatoms. The molecule has 4 heterocycles. The number of hydrazine groups is 1. The molecule has 4 nitrogen and oxygen atoms in total. The first-order chi connectivity index (χ1) is 18.9. The molecule has 0 fully saturated rings. The number of para-hydroxylation sites is 2. The van der Waals surface area contributed by atoms with Crippen LogP contribution in [0.5, 0.6) is 23.0 Å². The van der Waals surface area contributed by atoms with Crippen LogP contribution in [0, 0.1) is 13.8 Å². The Morgan fingerprint density at radius 2 is 1.02 bits per heavy atom. The van der Waals surface area contributed by atoms with E-state index in [1.807, 2.05) is 0 Å². The fraction of sp³-hybridized carbons (Fsp3) is 0.294. The highest BCUT2D eigenvalue weighted by Crippen LogP contribution is 2.48. The van der Waals surface area contributed by atoms with Gasteiger partial charge in [0.05, 0.1) is 11.4 Å². The van der Waals surface area contributed by atoms with Crippen molar-refractivity contribution in [2.45, 2.75) is 66.2 Å². The van der Waals surface area contributed by atoms with Crippen LogP contribution in [-0.2, 0) is 10.8 Å². The summed E-state index contributed by atoms with van der Waals surface area (Å²) in [6.07, 6.45) is 0. The van der Waals surface area contributed by atoms with Gasteiger partial charge in [0.15, 0.2) is 0 Å². The molecule has 198 valence electrons. The highest BCUT2D eigenvalue weighted by molar-refractivity contribution is 7.01. The van der Waals surface area contributed by atoms with Crippen molar-refractivity contribution in [3.8, 4) is 23.0 Å². The third kappa shape index (κ3) is 3.03. The van der Waals surface area contributed by atoms with Crippen LogP contribution < -0.4 is 36.3 Å². The Labute approximate surface area is 238 Å². The van der Waals surface area contributed by atoms with Crippen molar-refractivity contribution in [1.29, 1.82) is 0 Å². The predicted molar refractivity (Wildman–Crippen MR) is 167 cm³/mol. The highest BCUT2D eigenvalue weighted by Gasteiger charge is 2.59. The van der Waals surface area contributed by atoms with Gasteiger partial charge in [0.25, 0.3) is 0 Å². The fourth-order valence-corrected chi connectivity index (χ4v) is 7.35. The highest BCUT2D eigenvalue weighted by atomic mass is 16.5. The van der Waals surface area contributed by atoms with Crippen LogP contribution in [0.4, 0.5) is 11.4 Å². The Hall–Kier alpha value is -3.63. The number of aryl methyl sites for hydroxylation is 2. The molecular weight excluding hydrogens is 490 g/mol. The average molecular weight is 524 g/mol. The first kappa shape index (κ1) is 24.2. The lowest BCUT2D eigenvalue weighted by Crippen LogP contribution is -2.66. The molecule has 4 aliphatic heterocycles. The second-order valence-electron chi connectivity index (χ2n) is 14.0. The molecule has 0 saturated carbocycles. The van der Waals surface area contributed by atoms with Crippen LogP contribution in [0.2, 0.25) is 0 Å². The largest absolute Gasteiger partial charge is 0.458 e. The summed E-state index contributed by atoms with van der Waals surface area (Å²) in [6, 6.07) is 22.5. The number of hydrogen-bond acceptors (Lipinski definition) is 4. The molecule has 0 unspecified atom stereocenters. The third-order valence-corrected chi connectivity index (χ3v) is 9.01. The molecule has 0 spiro atoms. The summed E-state index contributed by atoms with van der Waals surface area (Å²) in [5, 5.41) is 2.47. The van der Waals surface area contributed by atoms with Crippen LogP contribution in [0.3, 0.4) is 0 Å². The summed E-state index contributed by atoms with van der Waals surface area (Å²) >= 11 is 0. The second-order valence-corrected chi connectivity index (χ2v) is 14.0. The minimum atomic E-state index is -0.0427. The van der Waals surface area contributed by atoms with Crippen molar-refractivity contribution in [3.63, 3.8) is 0 Å². The molecule has 4 aromatic carbocycles. The topological polar surface area (TPSA) is 24.9 Å². The number of ether oxygens (including phenoxy) is 2. The summed E-state index contributed by atoms with van der Waals surface area (Å²) < 4.78 is 13.7. The van der Waals surface area contributed by atoms with Gasteiger partial charge in [-0.05, 0) is 82.1 Å². The number of rotatable bonds is 0. The van der Waals surface area contributed by atoms with Crippen LogP contribution in [0.15, 0.2) is 60.7 Å². The normalized spacial score (nSPS) is 16.1. The fourth-order valence-electron chi connectivity index (χ4n) is 7.35. The maximum atomic E-state index is 6.85. The monoisotopic (exact) mass is 524 g/mol. The van der Waals surface area contributed by atoms with Gasteiger partial charge >= 0.3 is 13.7 Å². The van der Waals surface area contributed by atoms with Crippen LogP contribution in [-0.4, -0.2) is 18.5 Å². The molecule has 0 N–H and O–H groups in total. The van der Waals surface area contributed by atoms with Gasteiger partial charge in [-0.15, -0.1) is 0 Å². The first-order valence-electron chi connectivity index (χ1n) is 14.4. The molecule has 4 aromatic rings. The van der Waals surface area contributed by atoms with E-state index in [9.17, 15) is 0 Å². The van der Waals surface area contributed by atoms with E-state index >= 15 is 0 Å². The number of anilines is 2. The summed E-state index contributed by atoms with van der Waals surface area (Å²) in [5.41, 5.74) is 12.2. The van der Waals surface area contributed by atoms with Gasteiger partial charge in [-0.2, -0.15) is 0 Å². The van der Waals surface area contributed by atoms with E-state index in [1.165, 1.54) is 55.5 Å². The molecular formula is C34H34B2N2O2. The lowest BCUT2D eigenvalue weighted by Gasteiger charge is -2.36. The zero-order chi connectivity index (χ0) is 27.9. The summed E-state index contributed by atoms with van der Waals surface area (Å²) in [7, 11) is 0. The van der Waals surface area contributed by atoms with Crippen LogP contribution in [0.25, 0.3) is 0 Å². The Morgan fingerprint density at radius 1 is 0.600 bits per heavy atom. The predicted octanol–water partition coefficient (Wildman–Crippen LogP) is 5.70. The summed E-state index contributed by atoms with van der Waals surface area (Å²) in [6.45, 7) is 18.0. The molecule has 8 rings (SSSR count). The molecule has 0 radical (unpaired) electrons. The van der Waals surface area contributed by atoms with Gasteiger partial charge in [0.2, 0.25) is 0 Å². The Kier molecular flexibility index (Phi) is 4.57. The van der Waals surface area contributed by atoms with Crippen molar-refractivity contribution < 1.29 is 9.47 Å². The quantitative estimate of drug-likeness (QED) is 0.276. The summed E-state index contributed by atoms with van der Waals surface area (Å²) in [5.74, 6) is 3.97. The van der Waals surface area contributed by atoms with E-state index in [1.54, 1.807) is 0 Å². The zero-order valence-electron chi connectivity index (χ0n) is 24.6. The van der Waals surface area contributed by atoms with Gasteiger partial charge < -0.3 is 9.47 Å². The van der Waals surface area contributed by atoms with Crippen LogP contribution in [0.1, 0.15) is 63.8 Å². The number of benzene rings is 4. The molecule has 0 bridgehead atoms. The van der Waals surface area contributed by atoms with E-state index in [0.29, 0.717) is 0 Å². The number of nitrogens with zero attached hydrogens (tertiary/aromatic N) is 2. The lowest BCUT2D eigenvalue weighted by atomic mass is 9.38. The molecule has 0 atom stereocenters. The van der Waals surface area contributed by atoms with Gasteiger partial charge in [0.1, 0.15) is 23.0 Å². The van der Waals surface area contributed by atoms with Crippen molar-refractivity contribution in [1.82, 2.24) is 4.83 Å². The maximum Gasteiger partial charge on any atom is 0.310 e. The van der Waals surface area contributed by atoms with E-state index in [-0.39, 0.29) is 24.5 Å². The maximum absolute atomic E-state index is 6.85. The standard InChI is InChI=1S/C34H34B2N2O2/c1-19-15-25-29-27(17-19)39-31-21(33(3,4)5)11-9-13-23(31)35(29)38-36-24-14-10-12-22(34(6,7)8)32(24)40-28-18-20(2)16-26(30(28)36)37(25)38/h9-18H,1-8H3. The minimum absolute atomic E-state index is 0.0337. The molecule has 4 aliphatic rings. The lowest BCUT2D eigenvalue weighted by molar-refractivity contribution is 0.458. The van der Waals surface area contributed by atoms with Crippen molar-refractivity contribution in [2.75, 3.05) is 5.01 Å². The van der Waals surface area contributed by atoms with E-state index < -0.39 is 0 Å². The van der Waals surface area contributed by atoms with Gasteiger partial charge in [-0.3, -0.25) is 9.84 Å². The van der Waals surface area contributed by atoms with Gasteiger partial charge in [-0.1, -0.05) is 77.9 Å². The Bertz CT molecular complexity index is 1650. The minimum Gasteiger partial charge on any atom is -0.458 e. The molecule has 0 aromatic heterocycles. The SMILES string of the molecule is Cc1cc2c3c(c1)N1c4cc(C)cc5c4B(c4cccc(C(C)(C)C)c4O5)N1B3c1cccc(C(C)(C)C)c1O2. The Balaban J connectivity index is 1.45. The molecule has 0 aliphatic carbocycles. The molecule has 0 saturated heterocycles.